The van der Waals surface area contributed by atoms with E-state index in [4.69, 9.17) is 42.1 Å². The standard InChI is InChI=1S/C47H62Cl2N6O8/c1-50(2)22-23-51(3)41(56)32-63-42(57)31-53-24-26-54(27-25-53)45(59)47(35-10-8-7-9-11-35)16-19-52(20-17-47)18-14-46(36-12-13-37(48)38(49)30-36)15-21-55(33-46)44(58)34-28-39(60-4)43(62-6)40(29-34)61-5/h7-13,28-30H,14-27,31-33H2,1-6H3/t46-/m0/s1. The molecule has 0 radical (unpaired) electrons. The lowest BCUT2D eigenvalue weighted by Crippen LogP contribution is -2.58. The quantitative estimate of drug-likeness (QED) is 0.171. The number of methoxy groups -OCH3 is 3. The summed E-state index contributed by atoms with van der Waals surface area (Å²) in [4.78, 5) is 65.8. The summed E-state index contributed by atoms with van der Waals surface area (Å²) in [6.45, 7) is 6.33. The summed E-state index contributed by atoms with van der Waals surface area (Å²) in [5.74, 6) is 0.539. The Labute approximate surface area is 381 Å². The van der Waals surface area contributed by atoms with Crippen LogP contribution in [0.3, 0.4) is 0 Å². The molecule has 0 aliphatic carbocycles. The van der Waals surface area contributed by atoms with E-state index in [0.29, 0.717) is 91.5 Å². The van der Waals surface area contributed by atoms with Crippen molar-refractivity contribution in [2.24, 2.45) is 0 Å². The van der Waals surface area contributed by atoms with Gasteiger partial charge in [0, 0.05) is 70.4 Å². The van der Waals surface area contributed by atoms with E-state index in [1.54, 1.807) is 24.1 Å². The number of nitrogens with zero attached hydrogens (tertiary/aromatic N) is 6. The van der Waals surface area contributed by atoms with Gasteiger partial charge in [-0.15, -0.1) is 0 Å². The fourth-order valence-electron chi connectivity index (χ4n) is 9.12. The van der Waals surface area contributed by atoms with Crippen molar-refractivity contribution in [2.75, 3.05) is 128 Å². The van der Waals surface area contributed by atoms with Crippen LogP contribution in [0.2, 0.25) is 10.0 Å². The second kappa shape index (κ2) is 21.4. The highest BCUT2D eigenvalue weighted by Gasteiger charge is 2.47. The molecule has 63 heavy (non-hydrogen) atoms. The lowest BCUT2D eigenvalue weighted by molar-refractivity contribution is -0.153. The summed E-state index contributed by atoms with van der Waals surface area (Å²) < 4.78 is 21.9. The molecule has 3 aromatic carbocycles. The molecule has 1 atom stereocenters. The number of esters is 1. The first kappa shape index (κ1) is 47.9. The molecule has 3 aromatic rings. The zero-order valence-electron chi connectivity index (χ0n) is 37.5. The number of hydrogen-bond donors (Lipinski definition) is 0. The first-order valence-corrected chi connectivity index (χ1v) is 22.4. The third kappa shape index (κ3) is 11.2. The van der Waals surface area contributed by atoms with Gasteiger partial charge in [-0.2, -0.15) is 0 Å². The average molecular weight is 910 g/mol. The summed E-state index contributed by atoms with van der Waals surface area (Å²) in [6, 6.07) is 19.3. The third-order valence-electron chi connectivity index (χ3n) is 13.1. The van der Waals surface area contributed by atoms with Crippen molar-refractivity contribution in [2.45, 2.75) is 36.5 Å². The number of amides is 3. The number of piperazine rings is 1. The van der Waals surface area contributed by atoms with Crippen LogP contribution in [-0.2, 0) is 30.0 Å². The Morgan fingerprint density at radius 2 is 1.37 bits per heavy atom. The molecule has 0 spiro atoms. The molecule has 0 N–H and O–H groups in total. The smallest absolute Gasteiger partial charge is 0.320 e. The van der Waals surface area contributed by atoms with E-state index >= 15 is 0 Å². The second-order valence-corrected chi connectivity index (χ2v) is 18.0. The van der Waals surface area contributed by atoms with Gasteiger partial charge in [0.25, 0.3) is 11.8 Å². The number of benzene rings is 3. The van der Waals surface area contributed by atoms with E-state index in [1.807, 2.05) is 70.1 Å². The highest BCUT2D eigenvalue weighted by atomic mass is 35.5. The van der Waals surface area contributed by atoms with Crippen LogP contribution in [0, 0.1) is 0 Å². The molecular formula is C47H62Cl2N6O8. The number of carbonyl (C=O) groups excluding carboxylic acids is 4. The Kier molecular flexibility index (Phi) is 16.2. The molecule has 6 rings (SSSR count). The maximum atomic E-state index is 14.7. The SMILES string of the molecule is COc1cc(C(=O)N2CC[C@](CCN3CCC(C(=O)N4CCN(CC(=O)OCC(=O)N(C)CCN(C)C)CC4)(c4ccccc4)CC3)(c3ccc(Cl)c(Cl)c3)C2)cc(OC)c1OC. The molecule has 14 nitrogen and oxygen atoms in total. The Morgan fingerprint density at radius 1 is 0.698 bits per heavy atom. The Morgan fingerprint density at radius 3 is 1.97 bits per heavy atom. The highest BCUT2D eigenvalue weighted by Crippen LogP contribution is 2.44. The van der Waals surface area contributed by atoms with Crippen molar-refractivity contribution in [3.8, 4) is 17.2 Å². The lowest BCUT2D eigenvalue weighted by Gasteiger charge is -2.46. The summed E-state index contributed by atoms with van der Waals surface area (Å²) in [5.41, 5.74) is 1.42. The number of ether oxygens (including phenoxy) is 4. The van der Waals surface area contributed by atoms with Gasteiger partial charge in [-0.1, -0.05) is 59.6 Å². The van der Waals surface area contributed by atoms with Crippen molar-refractivity contribution in [1.82, 2.24) is 29.4 Å². The van der Waals surface area contributed by atoms with Crippen molar-refractivity contribution in [3.05, 3.63) is 87.4 Å². The summed E-state index contributed by atoms with van der Waals surface area (Å²) in [6.07, 6.45) is 2.81. The minimum absolute atomic E-state index is 0.0656. The van der Waals surface area contributed by atoms with E-state index in [-0.39, 0.29) is 30.9 Å². The predicted octanol–water partition coefficient (Wildman–Crippen LogP) is 4.93. The molecule has 342 valence electrons. The predicted molar refractivity (Wildman–Crippen MR) is 243 cm³/mol. The highest BCUT2D eigenvalue weighted by molar-refractivity contribution is 6.42. The maximum absolute atomic E-state index is 14.7. The minimum atomic E-state index is -0.684. The van der Waals surface area contributed by atoms with Crippen LogP contribution in [0.5, 0.6) is 17.2 Å². The molecule has 3 fully saturated rings. The van der Waals surface area contributed by atoms with Gasteiger partial charge in [-0.05, 0) is 94.8 Å². The molecule has 3 amide bonds. The number of piperidine rings is 1. The van der Waals surface area contributed by atoms with E-state index in [9.17, 15) is 19.2 Å². The molecule has 16 heteroatoms. The van der Waals surface area contributed by atoms with Gasteiger partial charge in [0.15, 0.2) is 18.1 Å². The number of halogens is 2. The van der Waals surface area contributed by atoms with Gasteiger partial charge in [-0.3, -0.25) is 24.1 Å². The molecule has 0 unspecified atom stereocenters. The monoisotopic (exact) mass is 908 g/mol. The summed E-state index contributed by atoms with van der Waals surface area (Å²) >= 11 is 13.0. The molecule has 3 aliphatic heterocycles. The maximum Gasteiger partial charge on any atom is 0.320 e. The topological polar surface area (TPSA) is 125 Å². The van der Waals surface area contributed by atoms with E-state index in [2.05, 4.69) is 17.0 Å². The third-order valence-corrected chi connectivity index (χ3v) is 13.9. The fraction of sp³-hybridized carbons (Fsp3) is 0.532. The van der Waals surface area contributed by atoms with Gasteiger partial charge in [0.2, 0.25) is 11.7 Å². The van der Waals surface area contributed by atoms with Crippen LogP contribution >= 0.6 is 23.2 Å². The van der Waals surface area contributed by atoms with Crippen molar-refractivity contribution < 1.29 is 38.1 Å². The van der Waals surface area contributed by atoms with Gasteiger partial charge >= 0.3 is 5.97 Å². The van der Waals surface area contributed by atoms with Crippen molar-refractivity contribution >= 4 is 46.9 Å². The van der Waals surface area contributed by atoms with Crippen LogP contribution < -0.4 is 14.2 Å². The molecule has 3 saturated heterocycles. The Hall–Kier alpha value is -4.60. The number of likely N-dealkylation sites (N-methyl/N-ethyl adjacent to an activating group) is 2. The molecule has 3 heterocycles. The van der Waals surface area contributed by atoms with Crippen LogP contribution in [0.1, 0.15) is 47.2 Å². The first-order chi connectivity index (χ1) is 30.2. The molecule has 0 saturated carbocycles. The van der Waals surface area contributed by atoms with Crippen LogP contribution in [0.25, 0.3) is 0 Å². The van der Waals surface area contributed by atoms with Gasteiger partial charge in [0.05, 0.1) is 43.3 Å². The van der Waals surface area contributed by atoms with Crippen LogP contribution in [-0.4, -0.2) is 181 Å². The van der Waals surface area contributed by atoms with Crippen molar-refractivity contribution in [1.29, 1.82) is 0 Å². The van der Waals surface area contributed by atoms with E-state index < -0.39 is 16.8 Å². The van der Waals surface area contributed by atoms with Crippen LogP contribution in [0.15, 0.2) is 60.7 Å². The van der Waals surface area contributed by atoms with Gasteiger partial charge in [-0.25, -0.2) is 0 Å². The number of carbonyl (C=O) groups is 4. The molecule has 3 aliphatic rings. The summed E-state index contributed by atoms with van der Waals surface area (Å²) in [5, 5.41) is 0.947. The van der Waals surface area contributed by atoms with Crippen molar-refractivity contribution in [3.63, 3.8) is 0 Å². The Balaban J connectivity index is 1.09. The molecular weight excluding hydrogens is 847 g/mol. The number of rotatable bonds is 17. The summed E-state index contributed by atoms with van der Waals surface area (Å²) in [7, 11) is 10.2. The Bertz CT molecular complexity index is 2050. The van der Waals surface area contributed by atoms with Gasteiger partial charge in [0.1, 0.15) is 0 Å². The zero-order chi connectivity index (χ0) is 45.3. The zero-order valence-corrected chi connectivity index (χ0v) is 39.0. The number of hydrogen-bond acceptors (Lipinski definition) is 11. The lowest BCUT2D eigenvalue weighted by atomic mass is 9.71. The van der Waals surface area contributed by atoms with E-state index in [1.165, 1.54) is 21.3 Å². The van der Waals surface area contributed by atoms with Gasteiger partial charge < -0.3 is 43.4 Å². The minimum Gasteiger partial charge on any atom is -0.493 e. The molecule has 0 bridgehead atoms. The number of likely N-dealkylation sites (tertiary alicyclic amines) is 2. The van der Waals surface area contributed by atoms with Crippen LogP contribution in [0.4, 0.5) is 0 Å². The van der Waals surface area contributed by atoms with E-state index in [0.717, 1.165) is 50.1 Å². The fourth-order valence-corrected chi connectivity index (χ4v) is 9.42. The second-order valence-electron chi connectivity index (χ2n) is 17.2. The average Bonchev–Trinajstić information content (AvgIpc) is 3.75. The largest absolute Gasteiger partial charge is 0.493 e. The molecule has 0 aromatic heterocycles. The first-order valence-electron chi connectivity index (χ1n) is 21.6. The normalized spacial score (nSPS) is 19.2.